The van der Waals surface area contributed by atoms with E-state index in [0.717, 1.165) is 42.4 Å². The first kappa shape index (κ1) is 31.5. The number of nitrogens with one attached hydrogen (secondary N) is 2. The molecule has 0 spiro atoms. The number of aryl methyl sites for hydroxylation is 2. The summed E-state index contributed by atoms with van der Waals surface area (Å²) >= 11 is 0. The van der Waals surface area contributed by atoms with Gasteiger partial charge in [-0.1, -0.05) is 45.4 Å². The van der Waals surface area contributed by atoms with Crippen LogP contribution in [0, 0.1) is 19.8 Å². The predicted molar refractivity (Wildman–Crippen MR) is 146 cm³/mol. The number of nitrogens with zero attached hydrogens (tertiary/aromatic N) is 1. The van der Waals surface area contributed by atoms with E-state index >= 15 is 0 Å². The fourth-order valence-electron chi connectivity index (χ4n) is 4.39. The van der Waals surface area contributed by atoms with Gasteiger partial charge in [-0.2, -0.15) is 0 Å². The lowest BCUT2D eigenvalue weighted by Gasteiger charge is -2.38. The third-order valence-corrected chi connectivity index (χ3v) is 6.16. The van der Waals surface area contributed by atoms with Gasteiger partial charge in [0.2, 0.25) is 11.8 Å². The molecule has 0 fully saturated rings. The maximum absolute atomic E-state index is 13.8. The van der Waals surface area contributed by atoms with Crippen LogP contribution < -0.4 is 10.6 Å². The van der Waals surface area contributed by atoms with E-state index in [1.165, 1.54) is 0 Å². The second-order valence-corrected chi connectivity index (χ2v) is 11.4. The van der Waals surface area contributed by atoms with E-state index < -0.39 is 17.7 Å². The van der Waals surface area contributed by atoms with Crippen LogP contribution in [0.2, 0.25) is 0 Å². The van der Waals surface area contributed by atoms with Gasteiger partial charge in [0.1, 0.15) is 18.2 Å². The van der Waals surface area contributed by atoms with Crippen LogP contribution in [0.4, 0.5) is 4.79 Å². The number of hydrogen-bond acceptors (Lipinski definition) is 4. The normalized spacial score (nSPS) is 14.1. The van der Waals surface area contributed by atoms with Gasteiger partial charge < -0.3 is 20.3 Å². The van der Waals surface area contributed by atoms with Gasteiger partial charge >= 0.3 is 6.09 Å². The number of amides is 3. The summed E-state index contributed by atoms with van der Waals surface area (Å²) in [6.07, 6.45) is 2.80. The number of ether oxygens (including phenoxy) is 1. The van der Waals surface area contributed by atoms with Gasteiger partial charge in [-0.05, 0) is 90.3 Å². The number of benzene rings is 1. The van der Waals surface area contributed by atoms with Gasteiger partial charge in [-0.25, -0.2) is 4.79 Å². The maximum atomic E-state index is 13.8. The van der Waals surface area contributed by atoms with Crippen LogP contribution in [-0.2, 0) is 14.3 Å². The van der Waals surface area contributed by atoms with Crippen molar-refractivity contribution < 1.29 is 19.1 Å². The minimum atomic E-state index is -0.805. The molecule has 0 saturated carbocycles. The lowest BCUT2D eigenvalue weighted by Crippen LogP contribution is -2.52. The molecule has 0 heterocycles. The molecule has 3 unspecified atom stereocenters. The molecule has 0 saturated heterocycles. The Hall–Kier alpha value is -2.57. The summed E-state index contributed by atoms with van der Waals surface area (Å²) in [6.45, 7) is 19.3. The Morgan fingerprint density at radius 2 is 1.56 bits per heavy atom. The summed E-state index contributed by atoms with van der Waals surface area (Å²) in [7, 11) is 0. The summed E-state index contributed by atoms with van der Waals surface area (Å²) in [6, 6.07) is 4.87. The zero-order chi connectivity index (χ0) is 27.6. The molecule has 204 valence electrons. The quantitative estimate of drug-likeness (QED) is 0.376. The average Bonchev–Trinajstić information content (AvgIpc) is 2.74. The second kappa shape index (κ2) is 14.2. The average molecular weight is 504 g/mol. The molecular weight excluding hydrogens is 454 g/mol. The smallest absolute Gasteiger partial charge is 0.408 e. The third-order valence-electron chi connectivity index (χ3n) is 6.16. The topological polar surface area (TPSA) is 87.7 Å². The summed E-state index contributed by atoms with van der Waals surface area (Å²) < 4.78 is 5.32. The van der Waals surface area contributed by atoms with Crippen LogP contribution in [0.15, 0.2) is 18.2 Å². The molecule has 7 nitrogen and oxygen atoms in total. The van der Waals surface area contributed by atoms with Crippen LogP contribution in [0.1, 0.15) is 104 Å². The first-order valence-corrected chi connectivity index (χ1v) is 13.3. The Morgan fingerprint density at radius 3 is 2.06 bits per heavy atom. The van der Waals surface area contributed by atoms with Crippen LogP contribution >= 0.6 is 0 Å². The maximum Gasteiger partial charge on any atom is 0.408 e. The van der Waals surface area contributed by atoms with Crippen molar-refractivity contribution in [3.05, 3.63) is 34.9 Å². The second-order valence-electron chi connectivity index (χ2n) is 11.4. The number of carbonyl (C=O) groups is 3. The predicted octanol–water partition coefficient (Wildman–Crippen LogP) is 5.83. The molecule has 3 atom stereocenters. The van der Waals surface area contributed by atoms with Crippen molar-refractivity contribution in [3.63, 3.8) is 0 Å². The van der Waals surface area contributed by atoms with E-state index in [-0.39, 0.29) is 30.4 Å². The van der Waals surface area contributed by atoms with Gasteiger partial charge in [-0.15, -0.1) is 0 Å². The summed E-state index contributed by atoms with van der Waals surface area (Å²) in [5.74, 6) is -0.0558. The van der Waals surface area contributed by atoms with E-state index in [9.17, 15) is 14.4 Å². The van der Waals surface area contributed by atoms with Gasteiger partial charge in [0.05, 0.1) is 0 Å². The molecule has 3 amide bonds. The molecule has 0 aromatic heterocycles. The summed E-state index contributed by atoms with van der Waals surface area (Å²) in [5, 5.41) is 5.73. The minimum absolute atomic E-state index is 0.0165. The SMILES string of the molecule is CCCC(C)NC(=O)C(c1c(C)cccc1C)N(C(=O)CNC(=O)OC(C)(C)C)C(C)CCC(C)C. The minimum Gasteiger partial charge on any atom is -0.444 e. The Kier molecular flexibility index (Phi) is 12.4. The van der Waals surface area contributed by atoms with E-state index in [0.29, 0.717) is 5.92 Å². The highest BCUT2D eigenvalue weighted by atomic mass is 16.6. The van der Waals surface area contributed by atoms with Crippen LogP contribution in [0.5, 0.6) is 0 Å². The Morgan fingerprint density at radius 1 is 0.972 bits per heavy atom. The van der Waals surface area contributed by atoms with E-state index in [1.54, 1.807) is 25.7 Å². The Labute approximate surface area is 218 Å². The van der Waals surface area contributed by atoms with Crippen molar-refractivity contribution in [1.29, 1.82) is 0 Å². The number of rotatable bonds is 12. The summed E-state index contributed by atoms with van der Waals surface area (Å²) in [5.41, 5.74) is 2.06. The molecule has 0 bridgehead atoms. The molecule has 36 heavy (non-hydrogen) atoms. The molecule has 0 radical (unpaired) electrons. The van der Waals surface area contributed by atoms with E-state index in [1.807, 2.05) is 45.9 Å². The molecule has 1 aromatic carbocycles. The highest BCUT2D eigenvalue weighted by Gasteiger charge is 2.37. The first-order valence-electron chi connectivity index (χ1n) is 13.3. The summed E-state index contributed by atoms with van der Waals surface area (Å²) in [4.78, 5) is 41.5. The van der Waals surface area contributed by atoms with Crippen LogP contribution in [-0.4, -0.2) is 47.0 Å². The van der Waals surface area contributed by atoms with Crippen molar-refractivity contribution in [2.45, 2.75) is 119 Å². The zero-order valence-corrected chi connectivity index (χ0v) is 24.2. The van der Waals surface area contributed by atoms with Gasteiger partial charge in [0.25, 0.3) is 0 Å². The lowest BCUT2D eigenvalue weighted by molar-refractivity contribution is -0.143. The number of carbonyl (C=O) groups excluding carboxylic acids is 3. The molecule has 0 aliphatic carbocycles. The van der Waals surface area contributed by atoms with Crippen molar-refractivity contribution in [2.75, 3.05) is 6.54 Å². The van der Waals surface area contributed by atoms with E-state index in [2.05, 4.69) is 31.4 Å². The molecular formula is C29H49N3O4. The molecule has 1 rings (SSSR count). The molecule has 0 aliphatic rings. The highest BCUT2D eigenvalue weighted by molar-refractivity contribution is 5.91. The largest absolute Gasteiger partial charge is 0.444 e. The van der Waals surface area contributed by atoms with Gasteiger partial charge in [0.15, 0.2) is 0 Å². The van der Waals surface area contributed by atoms with Gasteiger partial charge in [0, 0.05) is 12.1 Å². The molecule has 1 aromatic rings. The Bertz CT molecular complexity index is 856. The fraction of sp³-hybridized carbons (Fsp3) is 0.690. The van der Waals surface area contributed by atoms with Crippen molar-refractivity contribution in [2.24, 2.45) is 5.92 Å². The lowest BCUT2D eigenvalue weighted by atomic mass is 9.92. The van der Waals surface area contributed by atoms with Crippen molar-refractivity contribution >= 4 is 17.9 Å². The third kappa shape index (κ3) is 10.2. The van der Waals surface area contributed by atoms with Crippen LogP contribution in [0.3, 0.4) is 0 Å². The monoisotopic (exact) mass is 503 g/mol. The Balaban J connectivity index is 3.46. The molecule has 0 aliphatic heterocycles. The van der Waals surface area contributed by atoms with Crippen molar-refractivity contribution in [3.8, 4) is 0 Å². The molecule has 7 heteroatoms. The fourth-order valence-corrected chi connectivity index (χ4v) is 4.39. The standard InChI is InChI=1S/C29H49N3O4/c1-11-13-22(6)31-27(34)26(25-20(4)14-12-15-21(25)5)32(23(7)17-16-19(2)3)24(33)18-30-28(35)36-29(8,9)10/h12,14-15,19,22-23,26H,11,13,16-18H2,1-10H3,(H,30,35)(H,31,34). The highest BCUT2D eigenvalue weighted by Crippen LogP contribution is 2.31. The number of hydrogen-bond donors (Lipinski definition) is 2. The van der Waals surface area contributed by atoms with E-state index in [4.69, 9.17) is 4.74 Å². The zero-order valence-electron chi connectivity index (χ0n) is 24.2. The number of alkyl carbamates (subject to hydrolysis) is 1. The first-order chi connectivity index (χ1) is 16.7. The van der Waals surface area contributed by atoms with Gasteiger partial charge in [-0.3, -0.25) is 9.59 Å². The van der Waals surface area contributed by atoms with Crippen molar-refractivity contribution in [1.82, 2.24) is 15.5 Å². The molecule has 2 N–H and O–H groups in total. The van der Waals surface area contributed by atoms with Crippen LogP contribution in [0.25, 0.3) is 0 Å².